The summed E-state index contributed by atoms with van der Waals surface area (Å²) in [6, 6.07) is 8.74. The summed E-state index contributed by atoms with van der Waals surface area (Å²) >= 11 is 0. The molecule has 35 heavy (non-hydrogen) atoms. The molecule has 2 amide bonds. The molecule has 0 saturated carbocycles. The standard InChI is InChI=1S/C21H18F3N5O6/c1-11(19(31)26-16-7-6-12(29(33)34)10-14(16)21(22,23)24)35-17(30)8-9-25-20(32)18-13-4-2-3-5-15(13)27-28-18/h2-7,10-11H,8-9H2,1H3,(H,25,32)(H,26,31)(H,27,28). The van der Waals surface area contributed by atoms with Gasteiger partial charge < -0.3 is 15.4 Å². The molecule has 11 nitrogen and oxygen atoms in total. The Bertz CT molecular complexity index is 1290. The molecule has 0 aliphatic carbocycles. The van der Waals surface area contributed by atoms with Crippen molar-refractivity contribution in [3.63, 3.8) is 0 Å². The van der Waals surface area contributed by atoms with Gasteiger partial charge in [-0.1, -0.05) is 18.2 Å². The summed E-state index contributed by atoms with van der Waals surface area (Å²) in [5.41, 5.74) is -2.18. The molecule has 0 bridgehead atoms. The summed E-state index contributed by atoms with van der Waals surface area (Å²) in [6.45, 7) is 0.994. The smallest absolute Gasteiger partial charge is 0.418 e. The highest BCUT2D eigenvalue weighted by Crippen LogP contribution is 2.37. The van der Waals surface area contributed by atoms with E-state index in [-0.39, 0.29) is 24.7 Å². The summed E-state index contributed by atoms with van der Waals surface area (Å²) in [5.74, 6) is -2.51. The number of carbonyl (C=O) groups excluding carboxylic acids is 3. The maximum absolute atomic E-state index is 13.2. The first-order valence-electron chi connectivity index (χ1n) is 10.0. The highest BCUT2D eigenvalue weighted by molar-refractivity contribution is 6.04. The van der Waals surface area contributed by atoms with E-state index in [2.05, 4.69) is 15.5 Å². The number of aromatic amines is 1. The Labute approximate surface area is 194 Å². The van der Waals surface area contributed by atoms with Crippen LogP contribution in [-0.2, 0) is 20.5 Å². The van der Waals surface area contributed by atoms with Crippen LogP contribution in [-0.4, -0.2) is 45.6 Å². The summed E-state index contributed by atoms with van der Waals surface area (Å²) in [6.07, 6.45) is -6.78. The number of hydrogen-bond acceptors (Lipinski definition) is 7. The van der Waals surface area contributed by atoms with Crippen LogP contribution in [0.5, 0.6) is 0 Å². The van der Waals surface area contributed by atoms with Gasteiger partial charge in [-0.25, -0.2) is 0 Å². The number of esters is 1. The number of hydrogen-bond donors (Lipinski definition) is 3. The lowest BCUT2D eigenvalue weighted by molar-refractivity contribution is -0.385. The normalized spacial score (nSPS) is 12.1. The van der Waals surface area contributed by atoms with E-state index in [1.54, 1.807) is 24.3 Å². The number of aromatic nitrogens is 2. The second-order valence-corrected chi connectivity index (χ2v) is 7.23. The Morgan fingerprint density at radius 1 is 1.20 bits per heavy atom. The third-order valence-corrected chi connectivity index (χ3v) is 4.75. The molecule has 3 aromatic rings. The molecule has 1 aromatic heterocycles. The van der Waals surface area contributed by atoms with Gasteiger partial charge >= 0.3 is 12.1 Å². The molecular weight excluding hydrogens is 475 g/mol. The third-order valence-electron chi connectivity index (χ3n) is 4.75. The molecule has 3 rings (SSSR count). The molecule has 0 spiro atoms. The SMILES string of the molecule is CC(OC(=O)CCNC(=O)c1n[nH]c2ccccc12)C(=O)Nc1ccc([N+](=O)[O-])cc1C(F)(F)F. The van der Waals surface area contributed by atoms with Crippen LogP contribution >= 0.6 is 0 Å². The van der Waals surface area contributed by atoms with Gasteiger partial charge in [0.05, 0.1) is 28.1 Å². The average molecular weight is 493 g/mol. The summed E-state index contributed by atoms with van der Waals surface area (Å²) in [7, 11) is 0. The molecule has 3 N–H and O–H groups in total. The zero-order valence-electron chi connectivity index (χ0n) is 18.0. The van der Waals surface area contributed by atoms with Crippen molar-refractivity contribution in [2.45, 2.75) is 25.6 Å². The second kappa shape index (κ2) is 10.2. The van der Waals surface area contributed by atoms with E-state index in [1.165, 1.54) is 0 Å². The predicted octanol–water partition coefficient (Wildman–Crippen LogP) is 3.18. The van der Waals surface area contributed by atoms with Crippen molar-refractivity contribution < 1.29 is 37.2 Å². The Morgan fingerprint density at radius 3 is 2.60 bits per heavy atom. The van der Waals surface area contributed by atoms with Gasteiger partial charge in [0, 0.05) is 24.1 Å². The number of anilines is 1. The fourth-order valence-corrected chi connectivity index (χ4v) is 3.03. The number of nitrogens with zero attached hydrogens (tertiary/aromatic N) is 2. The molecule has 1 unspecified atom stereocenters. The Hall–Kier alpha value is -4.49. The Morgan fingerprint density at radius 2 is 1.91 bits per heavy atom. The van der Waals surface area contributed by atoms with E-state index < -0.39 is 51.9 Å². The topological polar surface area (TPSA) is 156 Å². The van der Waals surface area contributed by atoms with Gasteiger partial charge in [0.2, 0.25) is 0 Å². The molecule has 14 heteroatoms. The maximum atomic E-state index is 13.2. The number of nitro benzene ring substituents is 1. The number of non-ortho nitro benzene ring substituents is 1. The van der Waals surface area contributed by atoms with Crippen molar-refractivity contribution >= 4 is 40.1 Å². The van der Waals surface area contributed by atoms with Crippen molar-refractivity contribution in [3.8, 4) is 0 Å². The molecule has 0 fully saturated rings. The van der Waals surface area contributed by atoms with E-state index in [9.17, 15) is 37.7 Å². The zero-order valence-corrected chi connectivity index (χ0v) is 18.0. The van der Waals surface area contributed by atoms with Crippen LogP contribution in [0.2, 0.25) is 0 Å². The van der Waals surface area contributed by atoms with Crippen molar-refractivity contribution in [3.05, 3.63) is 63.8 Å². The third kappa shape index (κ3) is 6.10. The van der Waals surface area contributed by atoms with Crippen molar-refractivity contribution in [2.24, 2.45) is 0 Å². The quantitative estimate of drug-likeness (QED) is 0.247. The van der Waals surface area contributed by atoms with Gasteiger partial charge in [-0.05, 0) is 19.1 Å². The highest BCUT2D eigenvalue weighted by Gasteiger charge is 2.36. The van der Waals surface area contributed by atoms with Crippen LogP contribution in [0.25, 0.3) is 10.9 Å². The molecular formula is C21H18F3N5O6. The largest absolute Gasteiger partial charge is 0.452 e. The number of amides is 2. The van der Waals surface area contributed by atoms with Gasteiger partial charge in [-0.3, -0.25) is 29.6 Å². The number of halogens is 3. The molecule has 0 radical (unpaired) electrons. The highest BCUT2D eigenvalue weighted by atomic mass is 19.4. The summed E-state index contributed by atoms with van der Waals surface area (Å²) in [5, 5.41) is 22.4. The van der Waals surface area contributed by atoms with Crippen molar-refractivity contribution in [1.29, 1.82) is 0 Å². The monoisotopic (exact) mass is 493 g/mol. The summed E-state index contributed by atoms with van der Waals surface area (Å²) < 4.78 is 44.6. The number of nitrogens with one attached hydrogen (secondary N) is 3. The molecule has 184 valence electrons. The number of carbonyl (C=O) groups is 3. The lowest BCUT2D eigenvalue weighted by atomic mass is 10.1. The number of para-hydroxylation sites is 1. The van der Waals surface area contributed by atoms with Crippen LogP contribution < -0.4 is 10.6 Å². The van der Waals surface area contributed by atoms with Crippen molar-refractivity contribution in [1.82, 2.24) is 15.5 Å². The minimum Gasteiger partial charge on any atom is -0.452 e. The van der Waals surface area contributed by atoms with Crippen molar-refractivity contribution in [2.75, 3.05) is 11.9 Å². The first-order valence-corrected chi connectivity index (χ1v) is 10.0. The van der Waals surface area contributed by atoms with Crippen LogP contribution in [0.3, 0.4) is 0 Å². The van der Waals surface area contributed by atoms with Gasteiger partial charge in [0.25, 0.3) is 17.5 Å². The number of benzene rings is 2. The van der Waals surface area contributed by atoms with Gasteiger partial charge in [-0.2, -0.15) is 18.3 Å². The number of rotatable bonds is 8. The van der Waals surface area contributed by atoms with Crippen LogP contribution in [0.15, 0.2) is 42.5 Å². The number of fused-ring (bicyclic) bond motifs is 1. The molecule has 0 aliphatic rings. The van der Waals surface area contributed by atoms with E-state index >= 15 is 0 Å². The van der Waals surface area contributed by atoms with E-state index in [0.717, 1.165) is 19.1 Å². The number of nitro groups is 1. The minimum absolute atomic E-state index is 0.130. The zero-order chi connectivity index (χ0) is 25.8. The molecule has 1 atom stereocenters. The van der Waals surface area contributed by atoms with E-state index in [4.69, 9.17) is 4.74 Å². The molecule has 1 heterocycles. The van der Waals surface area contributed by atoms with Crippen LogP contribution in [0.1, 0.15) is 29.4 Å². The van der Waals surface area contributed by atoms with Crippen LogP contribution in [0.4, 0.5) is 24.5 Å². The number of alkyl halides is 3. The van der Waals surface area contributed by atoms with Gasteiger partial charge in [0.15, 0.2) is 11.8 Å². The second-order valence-electron chi connectivity index (χ2n) is 7.23. The molecule has 0 saturated heterocycles. The Balaban J connectivity index is 1.53. The Kier molecular flexibility index (Phi) is 7.32. The summed E-state index contributed by atoms with van der Waals surface area (Å²) in [4.78, 5) is 46.3. The predicted molar refractivity (Wildman–Crippen MR) is 115 cm³/mol. The number of H-pyrrole nitrogens is 1. The maximum Gasteiger partial charge on any atom is 0.418 e. The minimum atomic E-state index is -4.98. The average Bonchev–Trinajstić information content (AvgIpc) is 3.22. The fraction of sp³-hybridized carbons (Fsp3) is 0.238. The van der Waals surface area contributed by atoms with E-state index in [0.29, 0.717) is 10.9 Å². The fourth-order valence-electron chi connectivity index (χ4n) is 3.03. The number of ether oxygens (including phenoxy) is 1. The molecule has 2 aromatic carbocycles. The lowest BCUT2D eigenvalue weighted by Gasteiger charge is -2.17. The van der Waals surface area contributed by atoms with Gasteiger partial charge in [0.1, 0.15) is 0 Å². The molecule has 0 aliphatic heterocycles. The van der Waals surface area contributed by atoms with Crippen LogP contribution in [0, 0.1) is 10.1 Å². The lowest BCUT2D eigenvalue weighted by Crippen LogP contribution is -2.32. The van der Waals surface area contributed by atoms with Gasteiger partial charge in [-0.15, -0.1) is 0 Å². The first kappa shape index (κ1) is 25.1. The first-order chi connectivity index (χ1) is 16.5. The van der Waals surface area contributed by atoms with E-state index in [1.807, 2.05) is 5.32 Å².